The van der Waals surface area contributed by atoms with Gasteiger partial charge in [-0.15, -0.1) is 0 Å². The molecule has 0 amide bonds. The van der Waals surface area contributed by atoms with Crippen molar-refractivity contribution >= 4 is 17.2 Å². The van der Waals surface area contributed by atoms with E-state index in [0.717, 1.165) is 5.56 Å². The fourth-order valence-electron chi connectivity index (χ4n) is 2.75. The zero-order chi connectivity index (χ0) is 18.1. The molecule has 0 aromatic heterocycles. The maximum atomic E-state index is 12.0. The molecule has 0 bridgehead atoms. The highest BCUT2D eigenvalue weighted by Crippen LogP contribution is 2.28. The van der Waals surface area contributed by atoms with Crippen molar-refractivity contribution in [3.8, 4) is 11.1 Å². The minimum Gasteiger partial charge on any atom is -0.352 e. The Morgan fingerprint density at radius 1 is 0.880 bits per heavy atom. The highest BCUT2D eigenvalue weighted by atomic mass is 16.2. The number of nitrogens with one attached hydrogen (secondary N) is 1. The Kier molecular flexibility index (Phi) is 4.36. The summed E-state index contributed by atoms with van der Waals surface area (Å²) in [6.45, 7) is 5.70. The quantitative estimate of drug-likeness (QED) is 0.566. The Morgan fingerprint density at radius 2 is 1.48 bits per heavy atom. The van der Waals surface area contributed by atoms with Crippen LogP contribution >= 0.6 is 0 Å². The van der Waals surface area contributed by atoms with Gasteiger partial charge in [0, 0.05) is 11.3 Å². The topological polar surface area (TPSA) is 63.2 Å². The number of ketones is 1. The molecule has 0 aliphatic rings. The van der Waals surface area contributed by atoms with Crippen LogP contribution in [-0.4, -0.2) is 5.78 Å². The first-order chi connectivity index (χ1) is 11.9. The lowest BCUT2D eigenvalue weighted by Crippen LogP contribution is -2.35. The van der Waals surface area contributed by atoms with Crippen LogP contribution in [0.5, 0.6) is 0 Å². The lowest BCUT2D eigenvalue weighted by Gasteiger charge is -2.14. The summed E-state index contributed by atoms with van der Waals surface area (Å²) >= 11 is 0. The molecule has 25 heavy (non-hydrogen) atoms. The van der Waals surface area contributed by atoms with Crippen molar-refractivity contribution in [2.75, 3.05) is 5.32 Å². The SMILES string of the molecule is CC(=O)c1ccc(Nc2c(-c3ccc(C(C)C)cc3)c(=O)c2=O)cc1. The van der Waals surface area contributed by atoms with E-state index in [9.17, 15) is 14.4 Å². The lowest BCUT2D eigenvalue weighted by atomic mass is 9.95. The smallest absolute Gasteiger partial charge is 0.250 e. The molecule has 0 atom stereocenters. The molecule has 4 heteroatoms. The molecule has 0 aliphatic heterocycles. The maximum absolute atomic E-state index is 12.0. The van der Waals surface area contributed by atoms with Gasteiger partial charge in [0.15, 0.2) is 5.78 Å². The summed E-state index contributed by atoms with van der Waals surface area (Å²) in [6, 6.07) is 14.5. The molecule has 3 aromatic rings. The van der Waals surface area contributed by atoms with Gasteiger partial charge >= 0.3 is 0 Å². The Morgan fingerprint density at radius 3 is 2.00 bits per heavy atom. The van der Waals surface area contributed by atoms with Gasteiger partial charge in [0.25, 0.3) is 5.43 Å². The Balaban J connectivity index is 1.91. The third-order valence-electron chi connectivity index (χ3n) is 4.34. The van der Waals surface area contributed by atoms with Gasteiger partial charge < -0.3 is 5.32 Å². The van der Waals surface area contributed by atoms with Crippen molar-refractivity contribution in [2.45, 2.75) is 26.7 Å². The summed E-state index contributed by atoms with van der Waals surface area (Å²) in [5.74, 6) is 0.380. The van der Waals surface area contributed by atoms with Crippen molar-refractivity contribution in [1.29, 1.82) is 0 Å². The van der Waals surface area contributed by atoms with Crippen molar-refractivity contribution in [1.82, 2.24) is 0 Å². The zero-order valence-corrected chi connectivity index (χ0v) is 14.4. The molecule has 0 saturated heterocycles. The molecule has 1 N–H and O–H groups in total. The summed E-state index contributed by atoms with van der Waals surface area (Å²) in [5.41, 5.74) is 2.90. The van der Waals surface area contributed by atoms with Gasteiger partial charge in [-0.3, -0.25) is 14.4 Å². The van der Waals surface area contributed by atoms with E-state index in [0.29, 0.717) is 28.4 Å². The van der Waals surface area contributed by atoms with Crippen molar-refractivity contribution in [3.05, 3.63) is 80.1 Å². The molecule has 4 nitrogen and oxygen atoms in total. The molecule has 126 valence electrons. The first-order valence-electron chi connectivity index (χ1n) is 8.20. The van der Waals surface area contributed by atoms with Crippen LogP contribution in [0.1, 0.15) is 42.6 Å². The highest BCUT2D eigenvalue weighted by molar-refractivity contribution is 5.94. The fraction of sp³-hybridized carbons (Fsp3) is 0.190. The van der Waals surface area contributed by atoms with Crippen LogP contribution in [0.4, 0.5) is 11.4 Å². The van der Waals surface area contributed by atoms with Crippen molar-refractivity contribution in [3.63, 3.8) is 0 Å². The number of anilines is 2. The van der Waals surface area contributed by atoms with Crippen LogP contribution in [0.3, 0.4) is 0 Å². The number of carbonyl (C=O) groups excluding carboxylic acids is 1. The van der Waals surface area contributed by atoms with Crippen LogP contribution in [0.25, 0.3) is 11.1 Å². The lowest BCUT2D eigenvalue weighted by molar-refractivity contribution is 0.101. The van der Waals surface area contributed by atoms with Crippen LogP contribution in [0, 0.1) is 0 Å². The molecule has 0 heterocycles. The second kappa shape index (κ2) is 6.48. The van der Waals surface area contributed by atoms with Gasteiger partial charge in [-0.2, -0.15) is 0 Å². The van der Waals surface area contributed by atoms with Gasteiger partial charge in [-0.1, -0.05) is 38.1 Å². The zero-order valence-electron chi connectivity index (χ0n) is 14.4. The van der Waals surface area contributed by atoms with Gasteiger partial charge in [0.05, 0.1) is 5.56 Å². The van der Waals surface area contributed by atoms with Crippen LogP contribution in [-0.2, 0) is 0 Å². The second-order valence-electron chi connectivity index (χ2n) is 6.44. The number of benzene rings is 2. The average molecular weight is 333 g/mol. The molecule has 0 spiro atoms. The van der Waals surface area contributed by atoms with Gasteiger partial charge in [-0.05, 0) is 48.2 Å². The Bertz CT molecular complexity index is 989. The van der Waals surface area contributed by atoms with Gasteiger partial charge in [0.2, 0.25) is 5.43 Å². The first kappa shape index (κ1) is 16.8. The number of carbonyl (C=O) groups is 1. The summed E-state index contributed by atoms with van der Waals surface area (Å²) in [6.07, 6.45) is 0. The first-order valence-corrected chi connectivity index (χ1v) is 8.20. The molecule has 0 radical (unpaired) electrons. The van der Waals surface area contributed by atoms with E-state index in [-0.39, 0.29) is 5.78 Å². The van der Waals surface area contributed by atoms with Crippen LogP contribution < -0.4 is 16.2 Å². The van der Waals surface area contributed by atoms with Crippen molar-refractivity contribution < 1.29 is 4.79 Å². The minimum atomic E-state index is -0.515. The minimum absolute atomic E-state index is 0.0217. The second-order valence-corrected chi connectivity index (χ2v) is 6.44. The maximum Gasteiger partial charge on any atom is 0.250 e. The van der Waals surface area contributed by atoms with Crippen LogP contribution in [0.2, 0.25) is 0 Å². The molecule has 0 unspecified atom stereocenters. The van der Waals surface area contributed by atoms with E-state index in [1.165, 1.54) is 12.5 Å². The molecule has 0 saturated carbocycles. The fourth-order valence-corrected chi connectivity index (χ4v) is 2.75. The van der Waals surface area contributed by atoms with E-state index in [1.54, 1.807) is 24.3 Å². The molecule has 3 rings (SSSR count). The predicted molar refractivity (Wildman–Crippen MR) is 101 cm³/mol. The normalized spacial score (nSPS) is 11.0. The Labute approximate surface area is 145 Å². The number of Topliss-reactive ketones (excluding diaryl/α,β-unsaturated/α-hetero) is 1. The monoisotopic (exact) mass is 333 g/mol. The predicted octanol–water partition coefficient (Wildman–Crippen LogP) is 4.02. The van der Waals surface area contributed by atoms with E-state index in [1.807, 2.05) is 24.3 Å². The third-order valence-corrected chi connectivity index (χ3v) is 4.34. The van der Waals surface area contributed by atoms with E-state index >= 15 is 0 Å². The number of hydrogen-bond donors (Lipinski definition) is 1. The summed E-state index contributed by atoms with van der Waals surface area (Å²) in [5, 5.41) is 3.01. The molecule has 0 fully saturated rings. The number of rotatable bonds is 5. The van der Waals surface area contributed by atoms with E-state index in [2.05, 4.69) is 19.2 Å². The molecule has 0 aliphatic carbocycles. The third kappa shape index (κ3) is 3.15. The Hall–Kier alpha value is -3.01. The van der Waals surface area contributed by atoms with Crippen LogP contribution in [0.15, 0.2) is 58.1 Å². The molecule has 3 aromatic carbocycles. The van der Waals surface area contributed by atoms with Crippen molar-refractivity contribution in [2.24, 2.45) is 0 Å². The van der Waals surface area contributed by atoms with Gasteiger partial charge in [-0.25, -0.2) is 0 Å². The summed E-state index contributed by atoms with van der Waals surface area (Å²) in [4.78, 5) is 35.3. The summed E-state index contributed by atoms with van der Waals surface area (Å²) < 4.78 is 0. The average Bonchev–Trinajstić information content (AvgIpc) is 2.61. The highest BCUT2D eigenvalue weighted by Gasteiger charge is 2.22. The van der Waals surface area contributed by atoms with E-state index in [4.69, 9.17) is 0 Å². The standard InChI is InChI=1S/C21H19NO3/c1-12(2)14-4-6-16(7-5-14)18-19(21(25)20(18)24)22-17-10-8-15(9-11-17)13(3)23/h4-12,22H,1-3H3. The molecular formula is C21H19NO3. The molecular weight excluding hydrogens is 314 g/mol. The van der Waals surface area contributed by atoms with E-state index < -0.39 is 10.9 Å². The van der Waals surface area contributed by atoms with Gasteiger partial charge in [0.1, 0.15) is 5.69 Å². The number of hydrogen-bond acceptors (Lipinski definition) is 4. The summed E-state index contributed by atoms with van der Waals surface area (Å²) in [7, 11) is 0. The largest absolute Gasteiger partial charge is 0.352 e.